The number of Topliss-reactive ketones (excluding diaryl/α,β-unsaturated/α-hetero) is 1. The van der Waals surface area contributed by atoms with Crippen molar-refractivity contribution in [1.29, 1.82) is 0 Å². The van der Waals surface area contributed by atoms with Gasteiger partial charge in [0, 0.05) is 23.3 Å². The van der Waals surface area contributed by atoms with E-state index in [1.165, 1.54) is 13.8 Å². The fourth-order valence-corrected chi connectivity index (χ4v) is 9.45. The summed E-state index contributed by atoms with van der Waals surface area (Å²) in [6, 6.07) is 0. The molecule has 2 aliphatic heterocycles. The number of allylic oxidation sites excluding steroid dienone is 7. The number of carbonyl (C=O) groups is 4. The number of carbonyl (C=O) groups excluding carboxylic acids is 3. The van der Waals surface area contributed by atoms with Crippen molar-refractivity contribution in [3.63, 3.8) is 0 Å². The van der Waals surface area contributed by atoms with Gasteiger partial charge in [0.1, 0.15) is 6.10 Å². The van der Waals surface area contributed by atoms with Crippen molar-refractivity contribution in [2.45, 2.75) is 130 Å². The second-order valence-corrected chi connectivity index (χ2v) is 17.0. The minimum Gasteiger partial charge on any atom is -0.481 e. The van der Waals surface area contributed by atoms with Crippen LogP contribution in [0.25, 0.3) is 0 Å². The van der Waals surface area contributed by atoms with E-state index in [1.54, 1.807) is 6.92 Å². The summed E-state index contributed by atoms with van der Waals surface area (Å²) >= 11 is 0. The molecule has 3 fully saturated rings. The zero-order valence-electron chi connectivity index (χ0n) is 33.8. The lowest BCUT2D eigenvalue weighted by atomic mass is 9.65. The molecule has 308 valence electrons. The van der Waals surface area contributed by atoms with Crippen molar-refractivity contribution in [2.24, 2.45) is 47.3 Å². The molecule has 5 N–H and O–H groups in total. The molecule has 2 heterocycles. The van der Waals surface area contributed by atoms with Crippen molar-refractivity contribution < 1.29 is 58.9 Å². The summed E-state index contributed by atoms with van der Waals surface area (Å²) < 4.78 is 17.9. The summed E-state index contributed by atoms with van der Waals surface area (Å²) in [6.07, 6.45) is 6.63. The fourth-order valence-electron chi connectivity index (χ4n) is 9.45. The highest BCUT2D eigenvalue weighted by atomic mass is 16.7. The number of esters is 2. The molecular formula is C44H60O12. The van der Waals surface area contributed by atoms with E-state index in [2.05, 4.69) is 6.08 Å². The molecule has 2 saturated carbocycles. The number of fused-ring (bicyclic) bond motifs is 4. The van der Waals surface area contributed by atoms with Crippen LogP contribution in [0.4, 0.5) is 0 Å². The van der Waals surface area contributed by atoms with Gasteiger partial charge < -0.3 is 39.7 Å². The smallest absolute Gasteiger partial charge is 0.341 e. The topological polar surface area (TPSA) is 197 Å². The Hall–Kier alpha value is -3.52. The number of aliphatic hydroxyl groups excluding tert-OH is 4. The molecule has 1 saturated heterocycles. The van der Waals surface area contributed by atoms with Gasteiger partial charge in [0.25, 0.3) is 0 Å². The molecule has 12 nitrogen and oxygen atoms in total. The number of hydrogen-bond donors (Lipinski definition) is 5. The van der Waals surface area contributed by atoms with Crippen LogP contribution in [-0.4, -0.2) is 92.1 Å². The maximum Gasteiger partial charge on any atom is 0.341 e. The molecule has 0 bridgehead atoms. The zero-order chi connectivity index (χ0) is 41.3. The minimum atomic E-state index is -1.70. The molecule has 0 spiro atoms. The van der Waals surface area contributed by atoms with Gasteiger partial charge in [-0.05, 0) is 101 Å². The van der Waals surface area contributed by atoms with Crippen LogP contribution in [0.2, 0.25) is 0 Å². The molecule has 0 aromatic carbocycles. The van der Waals surface area contributed by atoms with Gasteiger partial charge in [0.05, 0.1) is 36.3 Å². The number of hydrogen-bond acceptors (Lipinski definition) is 11. The van der Waals surface area contributed by atoms with Gasteiger partial charge in [-0.1, -0.05) is 68.4 Å². The average Bonchev–Trinajstić information content (AvgIpc) is 3.36. The van der Waals surface area contributed by atoms with E-state index in [0.29, 0.717) is 36.8 Å². The Bertz CT molecular complexity index is 1730. The van der Waals surface area contributed by atoms with Gasteiger partial charge in [0.15, 0.2) is 18.2 Å². The highest BCUT2D eigenvalue weighted by molar-refractivity contribution is 5.99. The molecule has 0 radical (unpaired) electrons. The van der Waals surface area contributed by atoms with Gasteiger partial charge in [-0.15, -0.1) is 0 Å². The second-order valence-electron chi connectivity index (χ2n) is 17.0. The average molecular weight is 781 g/mol. The van der Waals surface area contributed by atoms with E-state index < -0.39 is 96.2 Å². The number of ketones is 1. The maximum atomic E-state index is 14.4. The number of cyclic esters (lactones) is 2. The number of carboxylic acid groups (broad SMARTS) is 1. The van der Waals surface area contributed by atoms with E-state index in [1.807, 2.05) is 65.0 Å². The fraction of sp³-hybridized carbons (Fsp3) is 0.636. The predicted molar refractivity (Wildman–Crippen MR) is 206 cm³/mol. The number of aliphatic carboxylic acids is 1. The van der Waals surface area contributed by atoms with Crippen LogP contribution in [-0.2, 0) is 33.4 Å². The monoisotopic (exact) mass is 780 g/mol. The molecule has 0 aromatic rings. The van der Waals surface area contributed by atoms with E-state index in [9.17, 15) is 44.7 Å². The third-order valence-electron chi connectivity index (χ3n) is 12.8. The summed E-state index contributed by atoms with van der Waals surface area (Å²) in [6.45, 7) is 14.6. The van der Waals surface area contributed by atoms with Crippen molar-refractivity contribution in [3.05, 3.63) is 69.9 Å². The zero-order valence-corrected chi connectivity index (χ0v) is 33.8. The summed E-state index contributed by atoms with van der Waals surface area (Å²) in [4.78, 5) is 51.7. The highest BCUT2D eigenvalue weighted by Crippen LogP contribution is 2.54. The van der Waals surface area contributed by atoms with Crippen molar-refractivity contribution in [1.82, 2.24) is 0 Å². The number of ether oxygens (including phenoxy) is 3. The van der Waals surface area contributed by atoms with E-state index in [4.69, 9.17) is 14.2 Å². The Labute approximate surface area is 329 Å². The molecule has 3 aliphatic carbocycles. The Morgan fingerprint density at radius 2 is 1.71 bits per heavy atom. The van der Waals surface area contributed by atoms with Gasteiger partial charge in [0.2, 0.25) is 0 Å². The third-order valence-corrected chi connectivity index (χ3v) is 12.8. The standard InChI is InChI=1S/C44H60O12/c1-20(16-21(2)17-32(45)26(7)41(50)51)12-10-9-11-13-28-23(4)18-31-29(15-14-22(3)40(31)55-44-39(49)38(48)37(47)27(8)54-44)36-35(28)34-25(6)33(46)19-30(34)24(5)42(52)56-43(36)53/h9-13,18,21-22,25-29,31-33,36-37,39-40,44-47,49H,14-17,19H2,1-8H3,(H,50,51)/b10-9+,13-11+,20-12+,30-24-,35-34-/t21?,22?,25?,26?,27-,28?,29?,31?,32?,33?,36?,37-,39-,40?,44+/m0/s1. The number of carboxylic acids is 1. The molecule has 5 aliphatic rings. The van der Waals surface area contributed by atoms with Crippen LogP contribution >= 0.6 is 0 Å². The molecule has 0 aromatic heterocycles. The molecule has 12 heteroatoms. The first-order valence-electron chi connectivity index (χ1n) is 20.0. The third kappa shape index (κ3) is 8.95. The molecule has 0 amide bonds. The largest absolute Gasteiger partial charge is 0.481 e. The van der Waals surface area contributed by atoms with E-state index in [-0.39, 0.29) is 24.2 Å². The first-order valence-corrected chi connectivity index (χ1v) is 20.0. The van der Waals surface area contributed by atoms with Crippen LogP contribution in [0.1, 0.15) is 87.5 Å². The molecule has 11 unspecified atom stereocenters. The Morgan fingerprint density at radius 3 is 2.39 bits per heavy atom. The van der Waals surface area contributed by atoms with Crippen LogP contribution < -0.4 is 0 Å². The number of rotatable bonds is 11. The lowest BCUT2D eigenvalue weighted by molar-refractivity contribution is -0.274. The van der Waals surface area contributed by atoms with Gasteiger partial charge in [-0.3, -0.25) is 14.4 Å². The van der Waals surface area contributed by atoms with Crippen LogP contribution in [0.5, 0.6) is 0 Å². The van der Waals surface area contributed by atoms with Crippen molar-refractivity contribution in [3.8, 4) is 0 Å². The highest BCUT2D eigenvalue weighted by Gasteiger charge is 2.53. The minimum absolute atomic E-state index is 0.0685. The summed E-state index contributed by atoms with van der Waals surface area (Å²) in [7, 11) is 0. The summed E-state index contributed by atoms with van der Waals surface area (Å²) in [5.41, 5.74) is 4.56. The molecular weight excluding hydrogens is 720 g/mol. The molecule has 15 atom stereocenters. The predicted octanol–water partition coefficient (Wildman–Crippen LogP) is 4.92. The number of aliphatic hydroxyl groups is 4. The first kappa shape index (κ1) is 43.6. The maximum absolute atomic E-state index is 14.4. The summed E-state index contributed by atoms with van der Waals surface area (Å²) in [5, 5.41) is 51.8. The first-order chi connectivity index (χ1) is 26.3. The Balaban J connectivity index is 1.53. The lowest BCUT2D eigenvalue weighted by Gasteiger charge is -2.45. The van der Waals surface area contributed by atoms with E-state index in [0.717, 1.165) is 22.3 Å². The molecule has 5 rings (SSSR count). The summed E-state index contributed by atoms with van der Waals surface area (Å²) in [5.74, 6) is -6.51. The second kappa shape index (κ2) is 18.0. The van der Waals surface area contributed by atoms with Crippen molar-refractivity contribution in [2.75, 3.05) is 0 Å². The van der Waals surface area contributed by atoms with Crippen LogP contribution in [0.3, 0.4) is 0 Å². The lowest BCUT2D eigenvalue weighted by Crippen LogP contribution is -2.57. The van der Waals surface area contributed by atoms with Crippen LogP contribution in [0.15, 0.2) is 69.9 Å². The van der Waals surface area contributed by atoms with Crippen molar-refractivity contribution >= 4 is 23.7 Å². The van der Waals surface area contributed by atoms with E-state index >= 15 is 0 Å². The SMILES string of the molecule is CC1=CC2C(CCC(C)C2O[C@H]2O[C@@H](C)[C@H](O)C(=O)[C@@H]2O)C2C(=O)OC(=O)/C(C)=C3/CC(O)C(C)/C3=C/2C1/C=C/C=C/C=C(\C)CC(C)CC(O)C(C)C(=O)O. The molecule has 56 heavy (non-hydrogen) atoms. The van der Waals surface area contributed by atoms with Gasteiger partial charge in [-0.25, -0.2) is 4.79 Å². The van der Waals surface area contributed by atoms with Gasteiger partial charge in [-0.2, -0.15) is 0 Å². The van der Waals surface area contributed by atoms with Gasteiger partial charge >= 0.3 is 17.9 Å². The van der Waals surface area contributed by atoms with Crippen LogP contribution in [0, 0.1) is 47.3 Å². The quantitative estimate of drug-likeness (QED) is 0.0823. The Kier molecular flexibility index (Phi) is 14.0. The Morgan fingerprint density at radius 1 is 1.02 bits per heavy atom. The normalized spacial score (nSPS) is 39.9.